The van der Waals surface area contributed by atoms with E-state index in [1.54, 1.807) is 0 Å². The molecule has 0 amide bonds. The van der Waals surface area contributed by atoms with E-state index in [2.05, 4.69) is 93.4 Å². The molecule has 5 heterocycles. The maximum atomic E-state index is 6.10. The van der Waals surface area contributed by atoms with Crippen molar-refractivity contribution in [3.63, 3.8) is 0 Å². The zero-order valence-electron chi connectivity index (χ0n) is 27.9. The normalized spacial score (nSPS) is 16.5. The fraction of sp³-hybridized carbons (Fsp3) is 0.190. The molecule has 0 saturated heterocycles. The highest BCUT2D eigenvalue weighted by Gasteiger charge is 2.30. The Morgan fingerprint density at radius 3 is 1.67 bits per heavy atom. The number of ether oxygens (including phenoxy) is 2. The number of pyridine rings is 2. The molecule has 7 aromatic rings. The van der Waals surface area contributed by atoms with Gasteiger partial charge in [-0.1, -0.05) is 66.7 Å². The van der Waals surface area contributed by atoms with Crippen molar-refractivity contribution in [3.05, 3.63) is 127 Å². The first-order valence-electron chi connectivity index (χ1n) is 16.7. The van der Waals surface area contributed by atoms with E-state index >= 15 is 0 Å². The van der Waals surface area contributed by atoms with Crippen molar-refractivity contribution in [3.8, 4) is 28.2 Å². The monoisotopic (exact) mass is 641 g/mol. The Morgan fingerprint density at radius 2 is 1.08 bits per heavy atom. The van der Waals surface area contributed by atoms with Crippen LogP contribution in [0.5, 0.6) is 0 Å². The number of hydrogen-bond donors (Lipinski definition) is 0. The van der Waals surface area contributed by atoms with Crippen LogP contribution in [0.25, 0.3) is 60.8 Å². The van der Waals surface area contributed by atoms with Crippen molar-refractivity contribution in [1.82, 2.24) is 14.5 Å². The van der Waals surface area contributed by atoms with Crippen LogP contribution in [-0.2, 0) is 9.47 Å². The van der Waals surface area contributed by atoms with E-state index in [0.29, 0.717) is 24.9 Å². The van der Waals surface area contributed by atoms with Gasteiger partial charge in [0.05, 0.1) is 35.5 Å². The summed E-state index contributed by atoms with van der Waals surface area (Å²) in [7, 11) is 0. The molecule has 2 aliphatic heterocycles. The van der Waals surface area contributed by atoms with E-state index in [9.17, 15) is 0 Å². The van der Waals surface area contributed by atoms with Crippen LogP contribution in [0.2, 0.25) is 0 Å². The molecule has 0 fully saturated rings. The summed E-state index contributed by atoms with van der Waals surface area (Å²) in [4.78, 5) is 19.2. The Kier molecular flexibility index (Phi) is 6.50. The summed E-state index contributed by atoms with van der Waals surface area (Å²) in [5.41, 5.74) is 8.10. The largest absolute Gasteiger partial charge is 0.468 e. The third-order valence-corrected chi connectivity index (χ3v) is 9.24. The van der Waals surface area contributed by atoms with E-state index in [1.807, 2.05) is 64.1 Å². The van der Waals surface area contributed by atoms with Gasteiger partial charge in [-0.2, -0.15) is 0 Å². The average Bonchev–Trinajstić information content (AvgIpc) is 3.79. The highest BCUT2D eigenvalue weighted by molar-refractivity contribution is 6.19. The summed E-state index contributed by atoms with van der Waals surface area (Å²) in [5.74, 6) is 1.20. The topological polar surface area (TPSA) is 73.9 Å². The van der Waals surface area contributed by atoms with Crippen LogP contribution in [0, 0.1) is 0 Å². The molecule has 0 N–H and O–H groups in total. The molecule has 0 radical (unpaired) electrons. The highest BCUT2D eigenvalue weighted by atomic mass is 16.5. The Bertz CT molecular complexity index is 2510. The van der Waals surface area contributed by atoms with Gasteiger partial charge in [0, 0.05) is 33.0 Å². The lowest BCUT2D eigenvalue weighted by Gasteiger charge is -2.17. The van der Waals surface area contributed by atoms with Crippen LogP contribution in [-0.4, -0.2) is 50.6 Å². The zero-order chi connectivity index (χ0) is 33.3. The number of hydrogen-bond acceptors (Lipinski definition) is 6. The van der Waals surface area contributed by atoms with E-state index < -0.39 is 0 Å². The minimum absolute atomic E-state index is 0.309. The predicted molar refractivity (Wildman–Crippen MR) is 198 cm³/mol. The third kappa shape index (κ3) is 5.13. The molecule has 0 bridgehead atoms. The first-order valence-corrected chi connectivity index (χ1v) is 16.7. The predicted octanol–water partition coefficient (Wildman–Crippen LogP) is 9.17. The summed E-state index contributed by atoms with van der Waals surface area (Å²) in [6, 6.07) is 40.3. The van der Waals surface area contributed by atoms with Crippen LogP contribution in [0.3, 0.4) is 0 Å². The molecular weight excluding hydrogens is 606 g/mol. The summed E-state index contributed by atoms with van der Waals surface area (Å²) in [6.07, 6.45) is 0. The Morgan fingerprint density at radius 1 is 0.531 bits per heavy atom. The van der Waals surface area contributed by atoms with Gasteiger partial charge in [-0.25, -0.2) is 20.0 Å². The molecule has 9 rings (SSSR count). The second-order valence-corrected chi connectivity index (χ2v) is 14.1. The van der Waals surface area contributed by atoms with Crippen molar-refractivity contribution in [2.75, 3.05) is 13.1 Å². The van der Waals surface area contributed by atoms with Crippen LogP contribution < -0.4 is 0 Å². The molecule has 240 valence electrons. The summed E-state index contributed by atoms with van der Waals surface area (Å²) >= 11 is 0. The van der Waals surface area contributed by atoms with Crippen molar-refractivity contribution >= 4 is 44.4 Å². The molecule has 4 aromatic carbocycles. The van der Waals surface area contributed by atoms with E-state index in [1.165, 1.54) is 16.2 Å². The van der Waals surface area contributed by atoms with Crippen molar-refractivity contribution in [2.45, 2.75) is 38.9 Å². The second kappa shape index (κ2) is 10.9. The Balaban J connectivity index is 1.18. The molecule has 7 heteroatoms. The minimum Gasteiger partial charge on any atom is -0.468 e. The molecule has 49 heavy (non-hydrogen) atoms. The fourth-order valence-corrected chi connectivity index (χ4v) is 6.87. The summed E-state index contributed by atoms with van der Waals surface area (Å²) < 4.78 is 14.5. The van der Waals surface area contributed by atoms with Crippen molar-refractivity contribution < 1.29 is 9.47 Å². The van der Waals surface area contributed by atoms with Crippen LogP contribution >= 0.6 is 0 Å². The highest BCUT2D eigenvalue weighted by Crippen LogP contribution is 2.39. The van der Waals surface area contributed by atoms with Gasteiger partial charge in [0.2, 0.25) is 11.8 Å². The number of aromatic nitrogens is 3. The lowest BCUT2D eigenvalue weighted by atomic mass is 10.0. The number of para-hydroxylation sites is 1. The quantitative estimate of drug-likeness (QED) is 0.188. The van der Waals surface area contributed by atoms with Gasteiger partial charge < -0.3 is 14.0 Å². The molecule has 3 aromatic heterocycles. The SMILES string of the molecule is CC1(C)CN=C(c2cccc(-c3ccc4c(ccc5c6ccc(-c7cccc(C8=NCC(C)(C)O8)n7)cc6n(-c6ccccc6)c45)c3)n2)O1. The van der Waals surface area contributed by atoms with E-state index in [4.69, 9.17) is 19.4 Å². The van der Waals surface area contributed by atoms with Gasteiger partial charge in [0.15, 0.2) is 0 Å². The van der Waals surface area contributed by atoms with Crippen LogP contribution in [0.15, 0.2) is 125 Å². The molecule has 0 unspecified atom stereocenters. The van der Waals surface area contributed by atoms with Crippen molar-refractivity contribution in [2.24, 2.45) is 9.98 Å². The van der Waals surface area contributed by atoms with Gasteiger partial charge in [0.25, 0.3) is 0 Å². The zero-order valence-corrected chi connectivity index (χ0v) is 27.9. The maximum Gasteiger partial charge on any atom is 0.236 e. The first kappa shape index (κ1) is 29.3. The lowest BCUT2D eigenvalue weighted by molar-refractivity contribution is 0.130. The number of fused-ring (bicyclic) bond motifs is 5. The maximum absolute atomic E-state index is 6.10. The Hall–Kier alpha value is -5.82. The number of rotatable bonds is 5. The standard InChI is InChI=1S/C42H35N5O2/c1-41(2)24-43-39(48-41)35-14-8-12-33(45-35)27-17-19-30-26(22-27)16-21-32-31-20-18-28(23-37(31)47(38(30)32)29-10-6-5-7-11-29)34-13-9-15-36(46-34)40-44-25-42(3,4)49-40/h5-23H,24-25H2,1-4H3. The van der Waals surface area contributed by atoms with Gasteiger partial charge in [-0.15, -0.1) is 0 Å². The number of nitrogens with zero attached hydrogens (tertiary/aromatic N) is 5. The summed E-state index contributed by atoms with van der Waals surface area (Å²) in [5, 5.41) is 4.69. The Labute approximate surface area is 284 Å². The fourth-order valence-electron chi connectivity index (χ4n) is 6.87. The van der Waals surface area contributed by atoms with Gasteiger partial charge >= 0.3 is 0 Å². The second-order valence-electron chi connectivity index (χ2n) is 14.1. The molecular formula is C42H35N5O2. The lowest BCUT2D eigenvalue weighted by Crippen LogP contribution is -2.24. The number of aliphatic imine (C=N–C) groups is 2. The average molecular weight is 642 g/mol. The van der Waals surface area contributed by atoms with Crippen LogP contribution in [0.4, 0.5) is 0 Å². The molecule has 0 aliphatic carbocycles. The van der Waals surface area contributed by atoms with Gasteiger partial charge in [-0.05, 0) is 81.6 Å². The molecule has 0 atom stereocenters. The smallest absolute Gasteiger partial charge is 0.236 e. The molecule has 0 saturated carbocycles. The van der Waals surface area contributed by atoms with Crippen molar-refractivity contribution in [1.29, 1.82) is 0 Å². The molecule has 7 nitrogen and oxygen atoms in total. The molecule has 0 spiro atoms. The first-order chi connectivity index (χ1) is 23.7. The van der Waals surface area contributed by atoms with E-state index in [-0.39, 0.29) is 11.2 Å². The van der Waals surface area contributed by atoms with Crippen LogP contribution in [0.1, 0.15) is 39.1 Å². The van der Waals surface area contributed by atoms with Gasteiger partial charge in [-0.3, -0.25) is 0 Å². The van der Waals surface area contributed by atoms with Gasteiger partial charge in [0.1, 0.15) is 22.6 Å². The number of benzene rings is 4. The summed E-state index contributed by atoms with van der Waals surface area (Å²) in [6.45, 7) is 9.44. The third-order valence-electron chi connectivity index (χ3n) is 9.24. The minimum atomic E-state index is -0.316. The van der Waals surface area contributed by atoms with E-state index in [0.717, 1.165) is 56.0 Å². The molecule has 2 aliphatic rings.